The van der Waals surface area contributed by atoms with Crippen molar-refractivity contribution in [3.63, 3.8) is 0 Å². The first-order valence-corrected chi connectivity index (χ1v) is 7.58. The summed E-state index contributed by atoms with van der Waals surface area (Å²) >= 11 is 0. The van der Waals surface area contributed by atoms with Crippen LogP contribution in [0.25, 0.3) is 0 Å². The van der Waals surface area contributed by atoms with Crippen LogP contribution in [-0.2, 0) is 10.0 Å². The van der Waals surface area contributed by atoms with E-state index in [9.17, 15) is 8.42 Å². The number of aryl methyl sites for hydroxylation is 1. The number of hydrogen-bond donors (Lipinski definition) is 1. The maximum atomic E-state index is 12.6. The highest BCUT2D eigenvalue weighted by molar-refractivity contribution is 7.93. The van der Waals surface area contributed by atoms with Gasteiger partial charge in [0.1, 0.15) is 4.90 Å². The van der Waals surface area contributed by atoms with Crippen LogP contribution >= 0.6 is 0 Å². The number of nitrogens with zero attached hydrogens (tertiary/aromatic N) is 2. The number of anilines is 2. The lowest BCUT2D eigenvalue weighted by Gasteiger charge is -2.21. The summed E-state index contributed by atoms with van der Waals surface area (Å²) in [5.41, 5.74) is 2.22. The number of aromatic nitrogens is 1. The van der Waals surface area contributed by atoms with Gasteiger partial charge in [0.15, 0.2) is 0 Å². The molecule has 0 fully saturated rings. The summed E-state index contributed by atoms with van der Waals surface area (Å²) < 4.78 is 26.5. The first kappa shape index (κ1) is 14.3. The highest BCUT2D eigenvalue weighted by Gasteiger charge is 2.24. The molecule has 20 heavy (non-hydrogen) atoms. The fraction of sp³-hybridized carbons (Fsp3) is 0.214. The lowest BCUT2D eigenvalue weighted by molar-refractivity contribution is 0.594. The predicted octanol–water partition coefficient (Wildman–Crippen LogP) is 2.26. The van der Waals surface area contributed by atoms with Crippen LogP contribution in [0, 0.1) is 6.92 Å². The summed E-state index contributed by atoms with van der Waals surface area (Å²) in [5.74, 6) is 0. The summed E-state index contributed by atoms with van der Waals surface area (Å²) in [6, 6.07) is 8.95. The van der Waals surface area contributed by atoms with E-state index in [2.05, 4.69) is 10.3 Å². The van der Waals surface area contributed by atoms with E-state index >= 15 is 0 Å². The molecule has 0 atom stereocenters. The number of rotatable bonds is 4. The van der Waals surface area contributed by atoms with Crippen molar-refractivity contribution in [3.8, 4) is 0 Å². The molecule has 1 aromatic carbocycles. The molecule has 6 heteroatoms. The Kier molecular flexibility index (Phi) is 3.94. The molecule has 0 saturated heterocycles. The minimum absolute atomic E-state index is 0.158. The van der Waals surface area contributed by atoms with Crippen molar-refractivity contribution in [2.75, 3.05) is 23.7 Å². The summed E-state index contributed by atoms with van der Waals surface area (Å²) in [5, 5.41) is 2.87. The minimum Gasteiger partial charge on any atom is -0.387 e. The molecule has 0 aliphatic rings. The van der Waals surface area contributed by atoms with Crippen LogP contribution in [0.5, 0.6) is 0 Å². The minimum atomic E-state index is -3.64. The highest BCUT2D eigenvalue weighted by atomic mass is 32.2. The van der Waals surface area contributed by atoms with E-state index in [0.29, 0.717) is 11.4 Å². The van der Waals surface area contributed by atoms with Crippen LogP contribution in [0.2, 0.25) is 0 Å². The smallest absolute Gasteiger partial charge is 0.267 e. The van der Waals surface area contributed by atoms with Crippen molar-refractivity contribution in [3.05, 3.63) is 48.3 Å². The zero-order valence-corrected chi connectivity index (χ0v) is 12.5. The Bertz CT molecular complexity index is 697. The molecule has 0 bridgehead atoms. The third-order valence-corrected chi connectivity index (χ3v) is 4.90. The van der Waals surface area contributed by atoms with Crippen molar-refractivity contribution in [1.29, 1.82) is 0 Å². The van der Waals surface area contributed by atoms with Crippen molar-refractivity contribution >= 4 is 21.4 Å². The van der Waals surface area contributed by atoms with Crippen LogP contribution in [0.15, 0.2) is 47.6 Å². The molecule has 0 radical (unpaired) electrons. The topological polar surface area (TPSA) is 62.3 Å². The Morgan fingerprint density at radius 1 is 1.15 bits per heavy atom. The second-order valence-electron chi connectivity index (χ2n) is 4.43. The fourth-order valence-electron chi connectivity index (χ4n) is 1.83. The van der Waals surface area contributed by atoms with E-state index < -0.39 is 10.0 Å². The van der Waals surface area contributed by atoms with Crippen molar-refractivity contribution in [2.45, 2.75) is 11.8 Å². The summed E-state index contributed by atoms with van der Waals surface area (Å²) in [6.07, 6.45) is 2.91. The molecule has 0 aliphatic carbocycles. The maximum absolute atomic E-state index is 12.6. The Morgan fingerprint density at radius 3 is 2.40 bits per heavy atom. The van der Waals surface area contributed by atoms with Gasteiger partial charge < -0.3 is 5.32 Å². The van der Waals surface area contributed by atoms with Crippen LogP contribution in [0.1, 0.15) is 5.56 Å². The number of sulfonamides is 1. The maximum Gasteiger partial charge on any atom is 0.267 e. The normalized spacial score (nSPS) is 11.2. The first-order chi connectivity index (χ1) is 9.46. The summed E-state index contributed by atoms with van der Waals surface area (Å²) in [7, 11) is -0.424. The van der Waals surface area contributed by atoms with Gasteiger partial charge >= 0.3 is 0 Å². The van der Waals surface area contributed by atoms with E-state index in [0.717, 1.165) is 5.56 Å². The average Bonchev–Trinajstić information content (AvgIpc) is 2.47. The van der Waals surface area contributed by atoms with Crippen LogP contribution in [-0.4, -0.2) is 27.5 Å². The second-order valence-corrected chi connectivity index (χ2v) is 6.37. The van der Waals surface area contributed by atoms with Crippen molar-refractivity contribution < 1.29 is 8.42 Å². The van der Waals surface area contributed by atoms with E-state index in [1.807, 2.05) is 19.1 Å². The number of pyridine rings is 1. The van der Waals surface area contributed by atoms with Crippen molar-refractivity contribution in [2.24, 2.45) is 0 Å². The van der Waals surface area contributed by atoms with Crippen LogP contribution in [0.3, 0.4) is 0 Å². The zero-order valence-electron chi connectivity index (χ0n) is 11.7. The quantitative estimate of drug-likeness (QED) is 0.938. The predicted molar refractivity (Wildman–Crippen MR) is 80.6 cm³/mol. The van der Waals surface area contributed by atoms with Gasteiger partial charge in [-0.25, -0.2) is 8.42 Å². The molecular formula is C14H17N3O2S. The molecule has 0 saturated carbocycles. The molecule has 106 valence electrons. The Labute approximate surface area is 119 Å². The van der Waals surface area contributed by atoms with Crippen LogP contribution < -0.4 is 9.62 Å². The molecule has 0 spiro atoms. The molecule has 1 heterocycles. The number of hydrogen-bond acceptors (Lipinski definition) is 4. The Hall–Kier alpha value is -2.08. The molecule has 1 aromatic heterocycles. The molecule has 0 aliphatic heterocycles. The van der Waals surface area contributed by atoms with E-state index in [-0.39, 0.29) is 4.90 Å². The van der Waals surface area contributed by atoms with Gasteiger partial charge in [-0.1, -0.05) is 17.7 Å². The average molecular weight is 291 g/mol. The molecule has 0 unspecified atom stereocenters. The van der Waals surface area contributed by atoms with Gasteiger partial charge in [0.25, 0.3) is 10.0 Å². The van der Waals surface area contributed by atoms with E-state index in [4.69, 9.17) is 0 Å². The zero-order chi connectivity index (χ0) is 14.8. The molecule has 1 N–H and O–H groups in total. The molecule has 5 nitrogen and oxygen atoms in total. The SMILES string of the molecule is CNc1ccncc1S(=O)(=O)N(C)c1ccc(C)cc1. The van der Waals surface area contributed by atoms with Gasteiger partial charge in [-0.2, -0.15) is 0 Å². The van der Waals surface area contributed by atoms with E-state index in [1.54, 1.807) is 31.4 Å². The fourth-order valence-corrected chi connectivity index (χ4v) is 3.17. The number of nitrogens with one attached hydrogen (secondary N) is 1. The molecule has 0 amide bonds. The van der Waals surface area contributed by atoms with E-state index in [1.165, 1.54) is 17.5 Å². The standard InChI is InChI=1S/C14H17N3O2S/c1-11-4-6-12(7-5-11)17(3)20(18,19)14-10-16-9-8-13(14)15-2/h4-10H,1-3H3,(H,15,16). The highest BCUT2D eigenvalue weighted by Crippen LogP contribution is 2.26. The molecule has 2 rings (SSSR count). The third-order valence-electron chi connectivity index (χ3n) is 3.09. The monoisotopic (exact) mass is 291 g/mol. The van der Waals surface area contributed by atoms with Gasteiger partial charge in [-0.15, -0.1) is 0 Å². The Morgan fingerprint density at radius 2 is 1.80 bits per heavy atom. The third kappa shape index (κ3) is 2.60. The second kappa shape index (κ2) is 5.50. The van der Waals surface area contributed by atoms with Crippen LogP contribution in [0.4, 0.5) is 11.4 Å². The van der Waals surface area contributed by atoms with Gasteiger partial charge in [0.05, 0.1) is 11.4 Å². The van der Waals surface area contributed by atoms with Crippen molar-refractivity contribution in [1.82, 2.24) is 4.98 Å². The Balaban J connectivity index is 2.46. The van der Waals surface area contributed by atoms with Gasteiger partial charge in [0.2, 0.25) is 0 Å². The van der Waals surface area contributed by atoms with Gasteiger partial charge in [-0.05, 0) is 25.1 Å². The lowest BCUT2D eigenvalue weighted by Crippen LogP contribution is -2.27. The summed E-state index contributed by atoms with van der Waals surface area (Å²) in [4.78, 5) is 4.06. The van der Waals surface area contributed by atoms with Gasteiger partial charge in [0, 0.05) is 26.5 Å². The lowest BCUT2D eigenvalue weighted by atomic mass is 10.2. The molecule has 2 aromatic rings. The number of benzene rings is 1. The van der Waals surface area contributed by atoms with Gasteiger partial charge in [-0.3, -0.25) is 9.29 Å². The molecular weight excluding hydrogens is 274 g/mol. The largest absolute Gasteiger partial charge is 0.387 e. The summed E-state index contributed by atoms with van der Waals surface area (Å²) in [6.45, 7) is 1.96. The first-order valence-electron chi connectivity index (χ1n) is 6.14.